The van der Waals surface area contributed by atoms with Gasteiger partial charge in [-0.3, -0.25) is 0 Å². The Kier molecular flexibility index (Phi) is 5.14. The molecule has 1 unspecified atom stereocenters. The van der Waals surface area contributed by atoms with Crippen LogP contribution in [0.25, 0.3) is 0 Å². The van der Waals surface area contributed by atoms with Gasteiger partial charge in [0.2, 0.25) is 10.0 Å². The molecule has 0 aromatic heterocycles. The van der Waals surface area contributed by atoms with Crippen LogP contribution < -0.4 is 10.5 Å². The van der Waals surface area contributed by atoms with Crippen LogP contribution >= 0.6 is 12.2 Å². The maximum atomic E-state index is 11.6. The van der Waals surface area contributed by atoms with Crippen LogP contribution in [-0.4, -0.2) is 25.2 Å². The summed E-state index contributed by atoms with van der Waals surface area (Å²) in [4.78, 5) is 0.0170. The van der Waals surface area contributed by atoms with E-state index in [1.165, 1.54) is 19.3 Å². The molecular weight excluding hydrogens is 244 g/mol. The lowest BCUT2D eigenvalue weighted by Crippen LogP contribution is -2.42. The van der Waals surface area contributed by atoms with E-state index in [-0.39, 0.29) is 16.8 Å². The lowest BCUT2D eigenvalue weighted by atomic mass is 9.85. The maximum absolute atomic E-state index is 11.6. The van der Waals surface area contributed by atoms with E-state index in [1.54, 1.807) is 0 Å². The third-order valence-electron chi connectivity index (χ3n) is 3.05. The van der Waals surface area contributed by atoms with Crippen molar-refractivity contribution in [2.75, 3.05) is 5.75 Å². The molecule has 0 amide bonds. The smallest absolute Gasteiger partial charge is 0.218 e. The molecule has 16 heavy (non-hydrogen) atoms. The van der Waals surface area contributed by atoms with E-state index in [0.717, 1.165) is 12.8 Å². The Morgan fingerprint density at radius 2 is 2.00 bits per heavy atom. The fourth-order valence-corrected chi connectivity index (χ4v) is 3.92. The second-order valence-electron chi connectivity index (χ2n) is 4.53. The van der Waals surface area contributed by atoms with Gasteiger partial charge in [0.05, 0.1) is 4.99 Å². The predicted molar refractivity (Wildman–Crippen MR) is 69.7 cm³/mol. The molecule has 0 heterocycles. The van der Waals surface area contributed by atoms with Gasteiger partial charge in [-0.25, -0.2) is 13.1 Å². The standard InChI is InChI=1S/C10H20N2O2S2/c1-8(9-5-3-2-4-6-9)12-16(13,14)7-10(11)15/h8-9,12H,2-7H2,1H3,(H2,11,15). The van der Waals surface area contributed by atoms with Crippen LogP contribution in [0.2, 0.25) is 0 Å². The summed E-state index contributed by atoms with van der Waals surface area (Å²) < 4.78 is 25.9. The number of hydrogen-bond donors (Lipinski definition) is 2. The molecule has 94 valence electrons. The molecule has 1 aliphatic carbocycles. The number of rotatable bonds is 5. The zero-order chi connectivity index (χ0) is 12.2. The molecule has 3 N–H and O–H groups in total. The zero-order valence-electron chi connectivity index (χ0n) is 9.61. The highest BCUT2D eigenvalue weighted by atomic mass is 32.2. The van der Waals surface area contributed by atoms with Crippen molar-refractivity contribution < 1.29 is 8.42 Å². The van der Waals surface area contributed by atoms with Crippen molar-refractivity contribution >= 4 is 27.2 Å². The van der Waals surface area contributed by atoms with Crippen LogP contribution in [0.1, 0.15) is 39.0 Å². The van der Waals surface area contributed by atoms with E-state index in [9.17, 15) is 8.42 Å². The van der Waals surface area contributed by atoms with Gasteiger partial charge in [-0.15, -0.1) is 0 Å². The zero-order valence-corrected chi connectivity index (χ0v) is 11.2. The second-order valence-corrected chi connectivity index (χ2v) is 6.81. The quantitative estimate of drug-likeness (QED) is 0.731. The highest BCUT2D eigenvalue weighted by Crippen LogP contribution is 2.26. The van der Waals surface area contributed by atoms with Crippen LogP contribution in [0, 0.1) is 5.92 Å². The SMILES string of the molecule is CC(NS(=O)(=O)CC(N)=S)C1CCCCC1. The molecule has 0 aromatic carbocycles. The first-order valence-electron chi connectivity index (χ1n) is 5.69. The number of nitrogens with two attached hydrogens (primary N) is 1. The normalized spacial score (nSPS) is 20.6. The molecule has 0 radical (unpaired) electrons. The lowest BCUT2D eigenvalue weighted by Gasteiger charge is -2.28. The Labute approximate surface area is 103 Å². The Morgan fingerprint density at radius 3 is 2.50 bits per heavy atom. The van der Waals surface area contributed by atoms with Gasteiger partial charge in [-0.1, -0.05) is 31.5 Å². The summed E-state index contributed by atoms with van der Waals surface area (Å²) in [7, 11) is -3.35. The van der Waals surface area contributed by atoms with Crippen LogP contribution in [-0.2, 0) is 10.0 Å². The van der Waals surface area contributed by atoms with Gasteiger partial charge in [0.25, 0.3) is 0 Å². The van der Waals surface area contributed by atoms with Crippen molar-refractivity contribution in [2.45, 2.75) is 45.1 Å². The molecule has 0 saturated heterocycles. The molecule has 0 bridgehead atoms. The Balaban J connectivity index is 2.49. The topological polar surface area (TPSA) is 72.2 Å². The average molecular weight is 264 g/mol. The minimum absolute atomic E-state index is 0.0142. The summed E-state index contributed by atoms with van der Waals surface area (Å²) in [6.45, 7) is 1.92. The summed E-state index contributed by atoms with van der Waals surface area (Å²) in [5.41, 5.74) is 5.25. The number of nitrogens with one attached hydrogen (secondary N) is 1. The Bertz CT molecular complexity index is 335. The monoisotopic (exact) mass is 264 g/mol. The Morgan fingerprint density at radius 1 is 1.44 bits per heavy atom. The van der Waals surface area contributed by atoms with Gasteiger partial charge in [0.15, 0.2) is 0 Å². The van der Waals surface area contributed by atoms with Crippen LogP contribution in [0.15, 0.2) is 0 Å². The minimum atomic E-state index is -3.35. The molecule has 0 spiro atoms. The average Bonchev–Trinajstić information content (AvgIpc) is 2.16. The second kappa shape index (κ2) is 5.93. The van der Waals surface area contributed by atoms with E-state index in [0.29, 0.717) is 5.92 Å². The highest BCUT2D eigenvalue weighted by Gasteiger charge is 2.24. The molecule has 1 aliphatic rings. The van der Waals surface area contributed by atoms with Crippen molar-refractivity contribution in [2.24, 2.45) is 11.7 Å². The first-order valence-corrected chi connectivity index (χ1v) is 7.75. The first kappa shape index (κ1) is 13.9. The molecular formula is C10H20N2O2S2. The summed E-state index contributed by atoms with van der Waals surface area (Å²) >= 11 is 4.61. The molecule has 1 fully saturated rings. The third kappa shape index (κ3) is 4.76. The maximum Gasteiger partial charge on any atom is 0.218 e. The molecule has 1 rings (SSSR count). The fraction of sp³-hybridized carbons (Fsp3) is 0.900. The molecule has 6 heteroatoms. The van der Waals surface area contributed by atoms with Crippen LogP contribution in [0.4, 0.5) is 0 Å². The van der Waals surface area contributed by atoms with Crippen molar-refractivity contribution in [3.05, 3.63) is 0 Å². The Hall–Kier alpha value is -0.200. The van der Waals surface area contributed by atoms with Crippen molar-refractivity contribution in [3.8, 4) is 0 Å². The van der Waals surface area contributed by atoms with E-state index in [1.807, 2.05) is 6.92 Å². The van der Waals surface area contributed by atoms with E-state index < -0.39 is 10.0 Å². The van der Waals surface area contributed by atoms with Gasteiger partial charge < -0.3 is 5.73 Å². The minimum Gasteiger partial charge on any atom is -0.392 e. The largest absolute Gasteiger partial charge is 0.392 e. The van der Waals surface area contributed by atoms with Crippen LogP contribution in [0.3, 0.4) is 0 Å². The van der Waals surface area contributed by atoms with Crippen molar-refractivity contribution in [3.63, 3.8) is 0 Å². The third-order valence-corrected chi connectivity index (χ3v) is 4.80. The van der Waals surface area contributed by atoms with Gasteiger partial charge in [0, 0.05) is 6.04 Å². The summed E-state index contributed by atoms with van der Waals surface area (Å²) in [6, 6.07) is -0.0142. The molecule has 1 atom stereocenters. The van der Waals surface area contributed by atoms with E-state index >= 15 is 0 Å². The molecule has 4 nitrogen and oxygen atoms in total. The van der Waals surface area contributed by atoms with Gasteiger partial charge >= 0.3 is 0 Å². The molecule has 0 aliphatic heterocycles. The van der Waals surface area contributed by atoms with E-state index in [4.69, 9.17) is 5.73 Å². The van der Waals surface area contributed by atoms with Gasteiger partial charge in [-0.2, -0.15) is 0 Å². The lowest BCUT2D eigenvalue weighted by molar-refractivity contribution is 0.303. The van der Waals surface area contributed by atoms with Crippen molar-refractivity contribution in [1.29, 1.82) is 0 Å². The van der Waals surface area contributed by atoms with Crippen molar-refractivity contribution in [1.82, 2.24) is 4.72 Å². The fourth-order valence-electron chi connectivity index (χ4n) is 2.24. The predicted octanol–water partition coefficient (Wildman–Crippen LogP) is 1.16. The number of hydrogen-bond acceptors (Lipinski definition) is 3. The summed E-state index contributed by atoms with van der Waals surface area (Å²) in [6.07, 6.45) is 5.88. The van der Waals surface area contributed by atoms with Gasteiger partial charge in [-0.05, 0) is 25.7 Å². The highest BCUT2D eigenvalue weighted by molar-refractivity contribution is 7.92. The van der Waals surface area contributed by atoms with Gasteiger partial charge in [0.1, 0.15) is 5.75 Å². The first-order chi connectivity index (χ1) is 7.41. The summed E-state index contributed by atoms with van der Waals surface area (Å²) in [5.74, 6) is 0.203. The molecule has 0 aromatic rings. The van der Waals surface area contributed by atoms with Crippen LogP contribution in [0.5, 0.6) is 0 Å². The molecule has 1 saturated carbocycles. The summed E-state index contributed by atoms with van der Waals surface area (Å²) in [5, 5.41) is 0. The number of thiocarbonyl (C=S) groups is 1. The van der Waals surface area contributed by atoms with E-state index in [2.05, 4.69) is 16.9 Å². The number of sulfonamides is 1.